The van der Waals surface area contributed by atoms with Crippen molar-refractivity contribution in [3.63, 3.8) is 0 Å². The van der Waals surface area contributed by atoms with E-state index in [4.69, 9.17) is 5.26 Å². The van der Waals surface area contributed by atoms with Gasteiger partial charge in [0.05, 0.1) is 17.7 Å². The highest BCUT2D eigenvalue weighted by Crippen LogP contribution is 2.21. The SMILES string of the molecule is CC(C)c1ccc(C(O)Cc2cc(C#N)ccn2)cc1.FBF. The van der Waals surface area contributed by atoms with E-state index < -0.39 is 13.9 Å². The number of rotatable bonds is 4. The first-order valence-electron chi connectivity index (χ1n) is 7.26. The Kier molecular flexibility index (Phi) is 7.93. The molecule has 1 heterocycles. The van der Waals surface area contributed by atoms with Crippen molar-refractivity contribution in [3.8, 4) is 6.07 Å². The van der Waals surface area contributed by atoms with Gasteiger partial charge in [0.25, 0.3) is 0 Å². The number of halogens is 2. The third kappa shape index (κ3) is 6.17. The third-order valence-electron chi connectivity index (χ3n) is 3.34. The lowest BCUT2D eigenvalue weighted by Crippen LogP contribution is -2.04. The maximum Gasteiger partial charge on any atom is 0.521 e. The van der Waals surface area contributed by atoms with E-state index in [0.717, 1.165) is 11.3 Å². The summed E-state index contributed by atoms with van der Waals surface area (Å²) in [6, 6.07) is 13.4. The van der Waals surface area contributed by atoms with Gasteiger partial charge in [-0.25, -0.2) is 0 Å². The summed E-state index contributed by atoms with van der Waals surface area (Å²) >= 11 is 0. The number of benzene rings is 1. The molecular formula is C17H19BF2N2O. The van der Waals surface area contributed by atoms with Crippen LogP contribution in [0.2, 0.25) is 0 Å². The Balaban J connectivity index is 0.000000816. The lowest BCUT2D eigenvalue weighted by Gasteiger charge is -2.12. The summed E-state index contributed by atoms with van der Waals surface area (Å²) in [7, 11) is -1.75. The van der Waals surface area contributed by atoms with Crippen molar-refractivity contribution in [3.05, 3.63) is 65.0 Å². The van der Waals surface area contributed by atoms with E-state index in [0.29, 0.717) is 17.9 Å². The molecule has 0 saturated heterocycles. The van der Waals surface area contributed by atoms with E-state index in [2.05, 4.69) is 24.9 Å². The van der Waals surface area contributed by atoms with Crippen LogP contribution in [0.1, 0.15) is 48.3 Å². The molecule has 1 N–H and O–H groups in total. The first-order valence-corrected chi connectivity index (χ1v) is 7.26. The second kappa shape index (κ2) is 9.70. The minimum absolute atomic E-state index is 0.413. The molecule has 1 unspecified atom stereocenters. The molecule has 1 atom stereocenters. The average molecular weight is 316 g/mol. The summed E-state index contributed by atoms with van der Waals surface area (Å²) in [5.41, 5.74) is 3.42. The predicted molar refractivity (Wildman–Crippen MR) is 87.5 cm³/mol. The molecule has 0 aliphatic heterocycles. The van der Waals surface area contributed by atoms with E-state index >= 15 is 0 Å². The monoisotopic (exact) mass is 316 g/mol. The highest BCUT2D eigenvalue weighted by Gasteiger charge is 2.10. The molecule has 0 aliphatic carbocycles. The molecule has 0 spiro atoms. The average Bonchev–Trinajstić information content (AvgIpc) is 2.56. The minimum Gasteiger partial charge on any atom is -0.388 e. The zero-order chi connectivity index (χ0) is 17.2. The van der Waals surface area contributed by atoms with Crippen LogP contribution < -0.4 is 0 Å². The van der Waals surface area contributed by atoms with Crippen LogP contribution in [-0.4, -0.2) is 17.9 Å². The van der Waals surface area contributed by atoms with Gasteiger partial charge in [-0.05, 0) is 29.2 Å². The summed E-state index contributed by atoms with van der Waals surface area (Å²) in [6.07, 6.45) is 1.41. The molecule has 0 radical (unpaired) electrons. The van der Waals surface area contributed by atoms with Crippen LogP contribution in [0.15, 0.2) is 42.6 Å². The fourth-order valence-electron chi connectivity index (χ4n) is 2.08. The highest BCUT2D eigenvalue weighted by atomic mass is 19.2. The lowest BCUT2D eigenvalue weighted by atomic mass is 9.98. The molecule has 0 saturated carbocycles. The number of nitrogens with zero attached hydrogens (tertiary/aromatic N) is 2. The smallest absolute Gasteiger partial charge is 0.388 e. The molecule has 2 rings (SSSR count). The van der Waals surface area contributed by atoms with Gasteiger partial charge in [0.1, 0.15) is 0 Å². The summed E-state index contributed by atoms with van der Waals surface area (Å²) in [6.45, 7) is 4.28. The highest BCUT2D eigenvalue weighted by molar-refractivity contribution is 6.15. The number of aliphatic hydroxyl groups excluding tert-OH is 1. The lowest BCUT2D eigenvalue weighted by molar-refractivity contribution is 0.177. The van der Waals surface area contributed by atoms with Crippen LogP contribution in [0, 0.1) is 11.3 Å². The largest absolute Gasteiger partial charge is 0.521 e. The van der Waals surface area contributed by atoms with Gasteiger partial charge >= 0.3 is 7.83 Å². The van der Waals surface area contributed by atoms with Gasteiger partial charge < -0.3 is 5.11 Å². The summed E-state index contributed by atoms with van der Waals surface area (Å²) in [5, 5.41) is 19.1. The third-order valence-corrected chi connectivity index (χ3v) is 3.34. The molecule has 0 amide bonds. The Morgan fingerprint density at radius 2 is 1.74 bits per heavy atom. The van der Waals surface area contributed by atoms with Crippen molar-refractivity contribution in [2.24, 2.45) is 0 Å². The van der Waals surface area contributed by atoms with Gasteiger partial charge in [0.2, 0.25) is 0 Å². The Bertz CT molecular complexity index is 642. The van der Waals surface area contributed by atoms with Crippen molar-refractivity contribution in [2.45, 2.75) is 32.3 Å². The van der Waals surface area contributed by atoms with E-state index in [1.807, 2.05) is 24.3 Å². The Labute approximate surface area is 136 Å². The van der Waals surface area contributed by atoms with Crippen LogP contribution in [0.4, 0.5) is 8.63 Å². The second-order valence-corrected chi connectivity index (χ2v) is 5.29. The molecule has 6 heteroatoms. The normalized spacial score (nSPS) is 11.2. The molecule has 1 aromatic carbocycles. The topological polar surface area (TPSA) is 56.9 Å². The van der Waals surface area contributed by atoms with Crippen molar-refractivity contribution in [1.82, 2.24) is 4.98 Å². The molecule has 0 aliphatic rings. The fourth-order valence-corrected chi connectivity index (χ4v) is 2.08. The number of hydrogen-bond acceptors (Lipinski definition) is 3. The molecule has 2 aromatic rings. The number of aromatic nitrogens is 1. The van der Waals surface area contributed by atoms with Crippen LogP contribution in [0.5, 0.6) is 0 Å². The summed E-state index contributed by atoms with van der Waals surface area (Å²) in [4.78, 5) is 4.19. The van der Waals surface area contributed by atoms with E-state index in [9.17, 15) is 13.7 Å². The zero-order valence-electron chi connectivity index (χ0n) is 13.2. The Morgan fingerprint density at radius 1 is 1.17 bits per heavy atom. The first-order chi connectivity index (χ1) is 11.0. The predicted octanol–water partition coefficient (Wildman–Crippen LogP) is 3.54. The van der Waals surface area contributed by atoms with Crippen LogP contribution >= 0.6 is 0 Å². The molecule has 1 aromatic heterocycles. The maximum atomic E-state index is 10.2. The van der Waals surface area contributed by atoms with Crippen molar-refractivity contribution in [1.29, 1.82) is 5.26 Å². The molecule has 120 valence electrons. The summed E-state index contributed by atoms with van der Waals surface area (Å²) in [5.74, 6) is 0.482. The van der Waals surface area contributed by atoms with Crippen molar-refractivity contribution >= 4 is 7.83 Å². The number of aliphatic hydroxyl groups is 1. The quantitative estimate of drug-likeness (QED) is 0.878. The molecule has 0 bridgehead atoms. The maximum absolute atomic E-state index is 10.2. The standard InChI is InChI=1S/C17H18N2O.BF2H/c1-12(2)14-3-5-15(6-4-14)17(20)10-16-9-13(11-18)7-8-19-16;2-1-3/h3-9,12,17,20H,10H2,1-2H3;1H. The molecule has 23 heavy (non-hydrogen) atoms. The number of pyridine rings is 1. The van der Waals surface area contributed by atoms with Gasteiger partial charge in [-0.2, -0.15) is 5.26 Å². The van der Waals surface area contributed by atoms with Crippen molar-refractivity contribution < 1.29 is 13.7 Å². The Hall–Kier alpha value is -2.26. The van der Waals surface area contributed by atoms with Gasteiger partial charge in [-0.15, -0.1) is 0 Å². The molecular weight excluding hydrogens is 297 g/mol. The van der Waals surface area contributed by atoms with Gasteiger partial charge in [0.15, 0.2) is 0 Å². The van der Waals surface area contributed by atoms with Gasteiger partial charge in [0, 0.05) is 18.3 Å². The fraction of sp³-hybridized carbons (Fsp3) is 0.294. The number of hydrogen-bond donors (Lipinski definition) is 1. The van der Waals surface area contributed by atoms with E-state index in [1.54, 1.807) is 18.3 Å². The van der Waals surface area contributed by atoms with Crippen molar-refractivity contribution in [2.75, 3.05) is 0 Å². The zero-order valence-corrected chi connectivity index (χ0v) is 13.2. The summed E-state index contributed by atoms with van der Waals surface area (Å²) < 4.78 is 19.2. The van der Waals surface area contributed by atoms with Crippen LogP contribution in [0.3, 0.4) is 0 Å². The van der Waals surface area contributed by atoms with E-state index in [1.165, 1.54) is 5.56 Å². The van der Waals surface area contributed by atoms with Crippen LogP contribution in [-0.2, 0) is 6.42 Å². The minimum atomic E-state index is -1.75. The molecule has 0 fully saturated rings. The first kappa shape index (κ1) is 18.8. The molecule has 3 nitrogen and oxygen atoms in total. The van der Waals surface area contributed by atoms with E-state index in [-0.39, 0.29) is 0 Å². The number of nitriles is 1. The van der Waals surface area contributed by atoms with Crippen LogP contribution in [0.25, 0.3) is 0 Å². The Morgan fingerprint density at radius 3 is 2.26 bits per heavy atom. The van der Waals surface area contributed by atoms with Gasteiger partial charge in [-0.1, -0.05) is 38.1 Å². The van der Waals surface area contributed by atoms with Gasteiger partial charge in [-0.3, -0.25) is 13.6 Å². The second-order valence-electron chi connectivity index (χ2n) is 5.29.